The number of hydrogen-bond acceptors (Lipinski definition) is 4. The average molecular weight is 411 g/mol. The molecular weight excluding hydrogens is 388 g/mol. The molecule has 7 nitrogen and oxygen atoms in total. The van der Waals surface area contributed by atoms with Gasteiger partial charge in [-0.2, -0.15) is 4.31 Å². The second-order valence-corrected chi connectivity index (χ2v) is 9.27. The molecule has 27 heavy (non-hydrogen) atoms. The van der Waals surface area contributed by atoms with E-state index in [1.807, 2.05) is 13.0 Å². The van der Waals surface area contributed by atoms with E-state index >= 15 is 0 Å². The van der Waals surface area contributed by atoms with Crippen molar-refractivity contribution >= 4 is 33.2 Å². The van der Waals surface area contributed by atoms with Crippen molar-refractivity contribution in [1.29, 1.82) is 0 Å². The zero-order valence-corrected chi connectivity index (χ0v) is 16.9. The lowest BCUT2D eigenvalue weighted by atomic mass is 10.0. The molecule has 1 aromatic carbocycles. The quantitative estimate of drug-likeness (QED) is 0.821. The van der Waals surface area contributed by atoms with E-state index in [2.05, 4.69) is 17.2 Å². The summed E-state index contributed by atoms with van der Waals surface area (Å²) < 4.78 is 28.3. The maximum absolute atomic E-state index is 12.7. The van der Waals surface area contributed by atoms with Gasteiger partial charge in [-0.25, -0.2) is 13.4 Å². The number of nitrogens with zero attached hydrogens (tertiary/aromatic N) is 3. The Bertz CT molecular complexity index is 934. The van der Waals surface area contributed by atoms with Crippen LogP contribution >= 0.6 is 11.6 Å². The Kier molecular flexibility index (Phi) is 5.88. The van der Waals surface area contributed by atoms with E-state index in [1.54, 1.807) is 12.1 Å². The van der Waals surface area contributed by atoms with Gasteiger partial charge in [-0.3, -0.25) is 4.79 Å². The zero-order chi connectivity index (χ0) is 19.6. The monoisotopic (exact) mass is 410 g/mol. The number of nitrogens with one attached hydrogen (secondary N) is 1. The molecule has 1 aromatic heterocycles. The highest BCUT2D eigenvalue weighted by atomic mass is 35.5. The van der Waals surface area contributed by atoms with E-state index in [4.69, 9.17) is 11.6 Å². The number of anilines is 1. The van der Waals surface area contributed by atoms with Gasteiger partial charge in [-0.1, -0.05) is 24.6 Å². The molecule has 0 saturated carbocycles. The lowest BCUT2D eigenvalue weighted by Gasteiger charge is -2.28. The van der Waals surface area contributed by atoms with Crippen LogP contribution in [0.15, 0.2) is 35.7 Å². The molecule has 1 fully saturated rings. The largest absolute Gasteiger partial charge is 0.327 e. The third kappa shape index (κ3) is 4.69. The van der Waals surface area contributed by atoms with Crippen molar-refractivity contribution in [3.8, 4) is 0 Å². The Balaban J connectivity index is 1.64. The first-order chi connectivity index (χ1) is 12.8. The topological polar surface area (TPSA) is 84.3 Å². The highest BCUT2D eigenvalue weighted by Gasteiger charge is 2.29. The van der Waals surface area contributed by atoms with Gasteiger partial charge in [0.2, 0.25) is 5.91 Å². The average Bonchev–Trinajstić information content (AvgIpc) is 3.08. The van der Waals surface area contributed by atoms with Crippen LogP contribution in [0.1, 0.15) is 25.3 Å². The number of sulfonamides is 1. The van der Waals surface area contributed by atoms with E-state index < -0.39 is 10.0 Å². The van der Waals surface area contributed by atoms with Crippen molar-refractivity contribution in [3.05, 3.63) is 41.3 Å². The van der Waals surface area contributed by atoms with Gasteiger partial charge in [0.15, 0.2) is 5.03 Å². The summed E-state index contributed by atoms with van der Waals surface area (Å²) in [6.07, 6.45) is 4.46. The van der Waals surface area contributed by atoms with Crippen LogP contribution in [0.3, 0.4) is 0 Å². The van der Waals surface area contributed by atoms with Gasteiger partial charge >= 0.3 is 0 Å². The van der Waals surface area contributed by atoms with Gasteiger partial charge < -0.3 is 9.88 Å². The van der Waals surface area contributed by atoms with Gasteiger partial charge in [-0.15, -0.1) is 0 Å². The van der Waals surface area contributed by atoms with E-state index in [0.29, 0.717) is 29.7 Å². The SMILES string of the molecule is Cc1ccc(NC(=O)Cn2cnc(S(=O)(=O)N3CCC(C)CC3)c2)cc1Cl. The van der Waals surface area contributed by atoms with Gasteiger partial charge in [0.25, 0.3) is 10.0 Å². The number of aryl methyl sites for hydroxylation is 1. The second kappa shape index (κ2) is 8.00. The lowest BCUT2D eigenvalue weighted by molar-refractivity contribution is -0.116. The van der Waals surface area contributed by atoms with E-state index in [-0.39, 0.29) is 17.5 Å². The molecule has 1 N–H and O–H groups in total. The molecule has 9 heteroatoms. The molecule has 3 rings (SSSR count). The summed E-state index contributed by atoms with van der Waals surface area (Å²) in [6.45, 7) is 4.98. The number of amides is 1. The number of benzene rings is 1. The third-order valence-corrected chi connectivity index (χ3v) is 6.93. The van der Waals surface area contributed by atoms with Crippen LogP contribution in [0.5, 0.6) is 0 Å². The molecule has 0 radical (unpaired) electrons. The molecular formula is C18H23ClN4O3S. The van der Waals surface area contributed by atoms with Crippen LogP contribution in [-0.2, 0) is 21.4 Å². The fourth-order valence-corrected chi connectivity index (χ4v) is 4.54. The minimum absolute atomic E-state index is 0.0248. The first-order valence-electron chi connectivity index (χ1n) is 8.83. The molecule has 1 saturated heterocycles. The van der Waals surface area contributed by atoms with Crippen LogP contribution in [0, 0.1) is 12.8 Å². The highest BCUT2D eigenvalue weighted by molar-refractivity contribution is 7.89. The molecule has 2 aromatic rings. The number of hydrogen-bond donors (Lipinski definition) is 1. The van der Waals surface area contributed by atoms with E-state index in [9.17, 15) is 13.2 Å². The summed E-state index contributed by atoms with van der Waals surface area (Å²) in [5.41, 5.74) is 1.51. The summed E-state index contributed by atoms with van der Waals surface area (Å²) in [7, 11) is -3.62. The van der Waals surface area contributed by atoms with Gasteiger partial charge in [0, 0.05) is 30.0 Å². The molecule has 0 bridgehead atoms. The third-order valence-electron chi connectivity index (χ3n) is 4.74. The first-order valence-corrected chi connectivity index (χ1v) is 10.7. The van der Waals surface area contributed by atoms with Crippen molar-refractivity contribution < 1.29 is 13.2 Å². The lowest BCUT2D eigenvalue weighted by Crippen LogP contribution is -2.38. The second-order valence-electron chi connectivity index (χ2n) is 6.98. The van der Waals surface area contributed by atoms with Gasteiger partial charge in [0.05, 0.1) is 6.33 Å². The fourth-order valence-electron chi connectivity index (χ4n) is 2.95. The van der Waals surface area contributed by atoms with Gasteiger partial charge in [-0.05, 0) is 43.4 Å². The molecule has 0 aliphatic carbocycles. The molecule has 1 aliphatic heterocycles. The van der Waals surface area contributed by atoms with Crippen LogP contribution < -0.4 is 5.32 Å². The standard InChI is InChI=1S/C18H23ClN4O3S/c1-13-5-7-23(8-6-13)27(25,26)18-11-22(12-20-18)10-17(24)21-15-4-3-14(2)16(19)9-15/h3-4,9,11-13H,5-8,10H2,1-2H3,(H,21,24). The number of carbonyl (C=O) groups excluding carboxylic acids is 1. The summed E-state index contributed by atoms with van der Waals surface area (Å²) in [5, 5.41) is 3.29. The zero-order valence-electron chi connectivity index (χ0n) is 15.4. The Morgan fingerprint density at radius 2 is 2.04 bits per heavy atom. The summed E-state index contributed by atoms with van der Waals surface area (Å²) >= 11 is 6.06. The number of carbonyl (C=O) groups is 1. The Hall–Kier alpha value is -1.90. The van der Waals surface area contributed by atoms with Crippen molar-refractivity contribution in [1.82, 2.24) is 13.9 Å². The Labute approximate surface area is 164 Å². The summed E-state index contributed by atoms with van der Waals surface area (Å²) in [5.74, 6) is 0.246. The molecule has 0 atom stereocenters. The molecule has 1 aliphatic rings. The van der Waals surface area contributed by atoms with Crippen molar-refractivity contribution in [2.24, 2.45) is 5.92 Å². The Morgan fingerprint density at radius 3 is 2.70 bits per heavy atom. The minimum atomic E-state index is -3.62. The molecule has 1 amide bonds. The van der Waals surface area contributed by atoms with Crippen LogP contribution in [-0.4, -0.2) is 41.3 Å². The maximum Gasteiger partial charge on any atom is 0.262 e. The number of halogens is 1. The summed E-state index contributed by atoms with van der Waals surface area (Å²) in [4.78, 5) is 16.2. The van der Waals surface area contributed by atoms with Crippen LogP contribution in [0.25, 0.3) is 0 Å². The summed E-state index contributed by atoms with van der Waals surface area (Å²) in [6, 6.07) is 5.26. The van der Waals surface area contributed by atoms with Crippen molar-refractivity contribution in [2.45, 2.75) is 38.3 Å². The van der Waals surface area contributed by atoms with Crippen LogP contribution in [0.4, 0.5) is 5.69 Å². The van der Waals surface area contributed by atoms with E-state index in [1.165, 1.54) is 21.4 Å². The van der Waals surface area contributed by atoms with Crippen LogP contribution in [0.2, 0.25) is 5.02 Å². The molecule has 0 unspecified atom stereocenters. The number of aromatic nitrogens is 2. The van der Waals surface area contributed by atoms with E-state index in [0.717, 1.165) is 18.4 Å². The Morgan fingerprint density at radius 1 is 1.33 bits per heavy atom. The van der Waals surface area contributed by atoms with Crippen molar-refractivity contribution in [3.63, 3.8) is 0 Å². The van der Waals surface area contributed by atoms with Crippen molar-refractivity contribution in [2.75, 3.05) is 18.4 Å². The molecule has 2 heterocycles. The number of rotatable bonds is 5. The highest BCUT2D eigenvalue weighted by Crippen LogP contribution is 2.23. The minimum Gasteiger partial charge on any atom is -0.327 e. The maximum atomic E-state index is 12.7. The molecule has 146 valence electrons. The van der Waals surface area contributed by atoms with Gasteiger partial charge in [0.1, 0.15) is 6.54 Å². The predicted molar refractivity (Wildman–Crippen MR) is 104 cm³/mol. The normalized spacial score (nSPS) is 16.4. The number of piperidine rings is 1. The number of imidazole rings is 1. The fraction of sp³-hybridized carbons (Fsp3) is 0.444. The first kappa shape index (κ1) is 19.9. The predicted octanol–water partition coefficient (Wildman–Crippen LogP) is 2.90. The molecule has 0 spiro atoms. The smallest absolute Gasteiger partial charge is 0.262 e.